The predicted octanol–water partition coefficient (Wildman–Crippen LogP) is 2.76. The molecule has 2 fully saturated rings. The van der Waals surface area contributed by atoms with E-state index < -0.39 is 0 Å². The summed E-state index contributed by atoms with van der Waals surface area (Å²) < 4.78 is 14.1. The zero-order chi connectivity index (χ0) is 15.0. The number of benzene rings is 1. The van der Waals surface area contributed by atoms with Crippen LogP contribution in [0.1, 0.15) is 30.9 Å². The van der Waals surface area contributed by atoms with Crippen LogP contribution < -0.4 is 5.73 Å². The number of fused-ring (bicyclic) bond motifs is 2. The second-order valence-corrected chi connectivity index (χ2v) is 7.11. The van der Waals surface area contributed by atoms with Gasteiger partial charge >= 0.3 is 0 Å². The number of likely N-dealkylation sites (tertiary alicyclic amines) is 1. The van der Waals surface area contributed by atoms with Crippen LogP contribution in [-0.4, -0.2) is 48.6 Å². The van der Waals surface area contributed by atoms with Crippen LogP contribution in [0.2, 0.25) is 0 Å². The molecule has 3 nitrogen and oxygen atoms in total. The first-order chi connectivity index (χ1) is 10.1. The maximum atomic E-state index is 13.3. The van der Waals surface area contributed by atoms with Gasteiger partial charge in [-0.05, 0) is 44.0 Å². The highest BCUT2D eigenvalue weighted by molar-refractivity contribution is 9.10. The Balaban J connectivity index is 1.83. The van der Waals surface area contributed by atoms with E-state index in [1.165, 1.54) is 31.4 Å². The van der Waals surface area contributed by atoms with Gasteiger partial charge < -0.3 is 5.73 Å². The van der Waals surface area contributed by atoms with E-state index in [9.17, 15) is 4.39 Å². The van der Waals surface area contributed by atoms with Crippen molar-refractivity contribution in [3.63, 3.8) is 0 Å². The Labute approximate surface area is 134 Å². The molecule has 2 saturated heterocycles. The van der Waals surface area contributed by atoms with E-state index in [0.717, 1.165) is 29.2 Å². The first-order valence-corrected chi connectivity index (χ1v) is 8.50. The van der Waals surface area contributed by atoms with Crippen molar-refractivity contribution in [1.82, 2.24) is 9.80 Å². The van der Waals surface area contributed by atoms with Gasteiger partial charge in [-0.3, -0.25) is 9.80 Å². The van der Waals surface area contributed by atoms with Crippen LogP contribution >= 0.6 is 15.9 Å². The van der Waals surface area contributed by atoms with Gasteiger partial charge in [-0.15, -0.1) is 0 Å². The average molecular weight is 356 g/mol. The SMILES string of the molecule is CN1C2CCC1CN(C(CN)c1ccc(F)cc1Br)CC2. The van der Waals surface area contributed by atoms with E-state index in [0.29, 0.717) is 12.6 Å². The zero-order valence-corrected chi connectivity index (χ0v) is 14.0. The topological polar surface area (TPSA) is 32.5 Å². The van der Waals surface area contributed by atoms with Crippen LogP contribution in [-0.2, 0) is 0 Å². The average Bonchev–Trinajstić information content (AvgIpc) is 2.68. The minimum Gasteiger partial charge on any atom is -0.329 e. The van der Waals surface area contributed by atoms with Crippen molar-refractivity contribution >= 4 is 15.9 Å². The Kier molecular flexibility index (Phi) is 4.64. The quantitative estimate of drug-likeness (QED) is 0.904. The van der Waals surface area contributed by atoms with Crippen molar-refractivity contribution in [3.8, 4) is 0 Å². The van der Waals surface area contributed by atoms with Gasteiger partial charge in [0.25, 0.3) is 0 Å². The molecule has 2 heterocycles. The lowest BCUT2D eigenvalue weighted by Crippen LogP contribution is -2.40. The molecular formula is C16H23BrFN3. The lowest BCUT2D eigenvalue weighted by atomic mass is 10.0. The summed E-state index contributed by atoms with van der Waals surface area (Å²) in [7, 11) is 2.25. The Morgan fingerprint density at radius 3 is 2.81 bits per heavy atom. The van der Waals surface area contributed by atoms with Crippen LogP contribution in [0, 0.1) is 5.82 Å². The molecule has 0 aromatic heterocycles. The molecule has 3 atom stereocenters. The minimum absolute atomic E-state index is 0.160. The van der Waals surface area contributed by atoms with Crippen LogP contribution in [0.5, 0.6) is 0 Å². The summed E-state index contributed by atoms with van der Waals surface area (Å²) in [4.78, 5) is 5.02. The third-order valence-electron chi connectivity index (χ3n) is 5.17. The molecule has 2 aliphatic heterocycles. The van der Waals surface area contributed by atoms with E-state index >= 15 is 0 Å². The fourth-order valence-corrected chi connectivity index (χ4v) is 4.48. The molecule has 2 bridgehead atoms. The van der Waals surface area contributed by atoms with Gasteiger partial charge in [0, 0.05) is 42.2 Å². The zero-order valence-electron chi connectivity index (χ0n) is 12.4. The maximum Gasteiger partial charge on any atom is 0.124 e. The molecule has 0 radical (unpaired) electrons. The van der Waals surface area contributed by atoms with Crippen LogP contribution in [0.4, 0.5) is 4.39 Å². The van der Waals surface area contributed by atoms with Crippen molar-refractivity contribution in [3.05, 3.63) is 34.1 Å². The van der Waals surface area contributed by atoms with Gasteiger partial charge in [0.05, 0.1) is 0 Å². The molecule has 1 aromatic carbocycles. The standard InChI is InChI=1S/C16H23BrFN3/c1-20-12-3-4-13(20)10-21(7-6-12)16(9-19)14-5-2-11(18)8-15(14)17/h2,5,8,12-13,16H,3-4,6-7,9-10,19H2,1H3. The normalized spacial score (nSPS) is 28.6. The molecule has 0 saturated carbocycles. The van der Waals surface area contributed by atoms with E-state index in [4.69, 9.17) is 5.73 Å². The summed E-state index contributed by atoms with van der Waals surface area (Å²) in [5.74, 6) is -0.212. The second kappa shape index (κ2) is 6.32. The number of hydrogen-bond acceptors (Lipinski definition) is 3. The Bertz CT molecular complexity index is 510. The molecule has 3 unspecified atom stereocenters. The lowest BCUT2D eigenvalue weighted by molar-refractivity contribution is 0.174. The van der Waals surface area contributed by atoms with Gasteiger partial charge in [0.1, 0.15) is 5.82 Å². The summed E-state index contributed by atoms with van der Waals surface area (Å²) in [5, 5.41) is 0. The molecule has 0 amide bonds. The molecule has 116 valence electrons. The first-order valence-electron chi connectivity index (χ1n) is 7.71. The first kappa shape index (κ1) is 15.4. The summed E-state index contributed by atoms with van der Waals surface area (Å²) in [6.07, 6.45) is 3.80. The van der Waals surface area contributed by atoms with Gasteiger partial charge in [-0.2, -0.15) is 0 Å². The van der Waals surface area contributed by atoms with E-state index in [1.807, 2.05) is 6.07 Å². The molecule has 3 rings (SSSR count). The smallest absolute Gasteiger partial charge is 0.124 e. The molecular weight excluding hydrogens is 333 g/mol. The van der Waals surface area contributed by atoms with Gasteiger partial charge in [-0.25, -0.2) is 4.39 Å². The van der Waals surface area contributed by atoms with Crippen molar-refractivity contribution < 1.29 is 4.39 Å². The molecule has 2 aliphatic rings. The van der Waals surface area contributed by atoms with Crippen molar-refractivity contribution in [2.24, 2.45) is 5.73 Å². The largest absolute Gasteiger partial charge is 0.329 e. The predicted molar refractivity (Wildman–Crippen MR) is 86.7 cm³/mol. The summed E-state index contributed by atoms with van der Waals surface area (Å²) in [6, 6.07) is 6.44. The van der Waals surface area contributed by atoms with Crippen LogP contribution in [0.25, 0.3) is 0 Å². The molecule has 2 N–H and O–H groups in total. The van der Waals surface area contributed by atoms with Gasteiger partial charge in [0.15, 0.2) is 0 Å². The Morgan fingerprint density at radius 2 is 2.10 bits per heavy atom. The van der Waals surface area contributed by atoms with Crippen molar-refractivity contribution in [1.29, 1.82) is 0 Å². The second-order valence-electron chi connectivity index (χ2n) is 6.25. The molecule has 21 heavy (non-hydrogen) atoms. The third kappa shape index (κ3) is 3.02. The monoisotopic (exact) mass is 355 g/mol. The van der Waals surface area contributed by atoms with E-state index in [1.54, 1.807) is 0 Å². The maximum absolute atomic E-state index is 13.3. The third-order valence-corrected chi connectivity index (χ3v) is 5.85. The Hall–Kier alpha value is -0.490. The summed E-state index contributed by atoms with van der Waals surface area (Å²) in [5.41, 5.74) is 7.15. The number of hydrogen-bond donors (Lipinski definition) is 1. The molecule has 1 aromatic rings. The summed E-state index contributed by atoms with van der Waals surface area (Å²) >= 11 is 3.49. The van der Waals surface area contributed by atoms with Crippen molar-refractivity contribution in [2.45, 2.75) is 37.4 Å². The minimum atomic E-state index is -0.212. The number of likely N-dealkylation sites (N-methyl/N-ethyl adjacent to an activating group) is 1. The van der Waals surface area contributed by atoms with Crippen molar-refractivity contribution in [2.75, 3.05) is 26.7 Å². The number of nitrogens with two attached hydrogens (primary N) is 1. The highest BCUT2D eigenvalue weighted by Crippen LogP contribution is 2.34. The number of halogens is 2. The summed E-state index contributed by atoms with van der Waals surface area (Å²) in [6.45, 7) is 2.68. The van der Waals surface area contributed by atoms with Gasteiger partial charge in [0.2, 0.25) is 0 Å². The fraction of sp³-hybridized carbons (Fsp3) is 0.625. The molecule has 5 heteroatoms. The lowest BCUT2D eigenvalue weighted by Gasteiger charge is -2.33. The highest BCUT2D eigenvalue weighted by atomic mass is 79.9. The number of rotatable bonds is 3. The van der Waals surface area contributed by atoms with Crippen LogP contribution in [0.3, 0.4) is 0 Å². The van der Waals surface area contributed by atoms with Gasteiger partial charge in [-0.1, -0.05) is 22.0 Å². The molecule has 0 spiro atoms. The van der Waals surface area contributed by atoms with E-state index in [-0.39, 0.29) is 11.9 Å². The fourth-order valence-electron chi connectivity index (χ4n) is 3.86. The Morgan fingerprint density at radius 1 is 1.33 bits per heavy atom. The van der Waals surface area contributed by atoms with Crippen LogP contribution in [0.15, 0.2) is 22.7 Å². The highest BCUT2D eigenvalue weighted by Gasteiger charge is 2.36. The van der Waals surface area contributed by atoms with E-state index in [2.05, 4.69) is 32.8 Å². The number of nitrogens with zero attached hydrogens (tertiary/aromatic N) is 2. The molecule has 0 aliphatic carbocycles.